The number of rotatable bonds is 8. The zero-order valence-electron chi connectivity index (χ0n) is 12.6. The van der Waals surface area contributed by atoms with Crippen molar-refractivity contribution in [3.8, 4) is 0 Å². The molecule has 0 spiro atoms. The number of nitrogens with two attached hydrogens (primary N) is 1. The number of thiophene rings is 1. The first-order chi connectivity index (χ1) is 10.2. The molecule has 1 unspecified atom stereocenters. The topological polar surface area (TPSA) is 55.1 Å². The van der Waals surface area contributed by atoms with Crippen molar-refractivity contribution in [3.63, 3.8) is 0 Å². The van der Waals surface area contributed by atoms with Crippen LogP contribution in [0.4, 0.5) is 5.69 Å². The Bertz CT molecular complexity index is 573. The molecule has 0 aliphatic rings. The Morgan fingerprint density at radius 3 is 2.90 bits per heavy atom. The minimum atomic E-state index is 0.0997. The van der Waals surface area contributed by atoms with Gasteiger partial charge in [0, 0.05) is 16.8 Å². The number of amides is 1. The molecule has 1 aromatic carbocycles. The minimum absolute atomic E-state index is 0.0997. The number of carbonyl (C=O) groups is 1. The Labute approximate surface area is 130 Å². The standard InChI is InChI=1S/C17H24N2OS/c1-2-3-13(8-10-18)4-7-17(20)19-15-5-6-16-14(12-15)9-11-21-16/h5-6,9,11-13H,2-4,7-8,10,18H2,1H3,(H,19,20). The average Bonchev–Trinajstić information content (AvgIpc) is 2.93. The molecule has 1 atom stereocenters. The van der Waals surface area contributed by atoms with Crippen LogP contribution < -0.4 is 11.1 Å². The number of carbonyl (C=O) groups excluding carboxylic acids is 1. The summed E-state index contributed by atoms with van der Waals surface area (Å²) in [7, 11) is 0. The molecule has 1 amide bonds. The lowest BCUT2D eigenvalue weighted by atomic mass is 9.94. The highest BCUT2D eigenvalue weighted by Crippen LogP contribution is 2.24. The first kappa shape index (κ1) is 16.0. The lowest BCUT2D eigenvalue weighted by Crippen LogP contribution is -2.15. The Morgan fingerprint density at radius 2 is 2.14 bits per heavy atom. The molecule has 4 heteroatoms. The van der Waals surface area contributed by atoms with Crippen LogP contribution in [0.25, 0.3) is 10.1 Å². The van der Waals surface area contributed by atoms with Crippen LogP contribution in [-0.4, -0.2) is 12.5 Å². The molecule has 2 aromatic rings. The highest BCUT2D eigenvalue weighted by atomic mass is 32.1. The van der Waals surface area contributed by atoms with Crippen molar-refractivity contribution in [2.24, 2.45) is 11.7 Å². The monoisotopic (exact) mass is 304 g/mol. The molecular formula is C17H24N2OS. The fraction of sp³-hybridized carbons (Fsp3) is 0.471. The maximum absolute atomic E-state index is 12.1. The van der Waals surface area contributed by atoms with Gasteiger partial charge in [0.25, 0.3) is 0 Å². The summed E-state index contributed by atoms with van der Waals surface area (Å²) >= 11 is 1.72. The van der Waals surface area contributed by atoms with Gasteiger partial charge in [0.15, 0.2) is 0 Å². The fourth-order valence-corrected chi connectivity index (χ4v) is 3.45. The zero-order valence-corrected chi connectivity index (χ0v) is 13.4. The number of anilines is 1. The number of hydrogen-bond acceptors (Lipinski definition) is 3. The van der Waals surface area contributed by atoms with Crippen LogP contribution in [0.3, 0.4) is 0 Å². The third-order valence-electron chi connectivity index (χ3n) is 3.79. The van der Waals surface area contributed by atoms with Crippen molar-refractivity contribution in [2.75, 3.05) is 11.9 Å². The SMILES string of the molecule is CCCC(CCN)CCC(=O)Nc1ccc2sccc2c1. The number of fused-ring (bicyclic) bond motifs is 1. The van der Waals surface area contributed by atoms with Gasteiger partial charge < -0.3 is 11.1 Å². The average molecular weight is 304 g/mol. The summed E-state index contributed by atoms with van der Waals surface area (Å²) in [4.78, 5) is 12.1. The Morgan fingerprint density at radius 1 is 1.29 bits per heavy atom. The van der Waals surface area contributed by atoms with Crippen molar-refractivity contribution >= 4 is 33.0 Å². The molecule has 1 aromatic heterocycles. The second-order valence-electron chi connectivity index (χ2n) is 5.49. The van der Waals surface area contributed by atoms with E-state index in [1.165, 1.54) is 10.1 Å². The second kappa shape index (κ2) is 8.15. The van der Waals surface area contributed by atoms with Gasteiger partial charge in [-0.05, 0) is 60.3 Å². The Kier molecular flexibility index (Phi) is 6.21. The molecule has 114 valence electrons. The number of benzene rings is 1. The van der Waals surface area contributed by atoms with Gasteiger partial charge in [0.2, 0.25) is 5.91 Å². The predicted molar refractivity (Wildman–Crippen MR) is 91.8 cm³/mol. The van der Waals surface area contributed by atoms with Crippen LogP contribution in [0.15, 0.2) is 29.6 Å². The molecule has 0 aliphatic heterocycles. The van der Waals surface area contributed by atoms with Crippen molar-refractivity contribution in [3.05, 3.63) is 29.6 Å². The first-order valence-corrected chi connectivity index (χ1v) is 8.58. The van der Waals surface area contributed by atoms with E-state index in [0.717, 1.165) is 31.4 Å². The van der Waals surface area contributed by atoms with E-state index in [9.17, 15) is 4.79 Å². The maximum Gasteiger partial charge on any atom is 0.224 e. The van der Waals surface area contributed by atoms with Gasteiger partial charge >= 0.3 is 0 Å². The maximum atomic E-state index is 12.1. The lowest BCUT2D eigenvalue weighted by molar-refractivity contribution is -0.116. The van der Waals surface area contributed by atoms with E-state index in [2.05, 4.69) is 29.8 Å². The smallest absolute Gasteiger partial charge is 0.224 e. The van der Waals surface area contributed by atoms with Gasteiger partial charge in [-0.2, -0.15) is 0 Å². The lowest BCUT2D eigenvalue weighted by Gasteiger charge is -2.14. The van der Waals surface area contributed by atoms with Crippen LogP contribution in [0.2, 0.25) is 0 Å². The fourth-order valence-electron chi connectivity index (χ4n) is 2.68. The van der Waals surface area contributed by atoms with Crippen LogP contribution in [0.1, 0.15) is 39.0 Å². The van der Waals surface area contributed by atoms with Gasteiger partial charge in [-0.15, -0.1) is 11.3 Å². The Balaban J connectivity index is 1.85. The largest absolute Gasteiger partial charge is 0.330 e. The molecule has 2 rings (SSSR count). The van der Waals surface area contributed by atoms with E-state index >= 15 is 0 Å². The number of hydrogen-bond donors (Lipinski definition) is 2. The third kappa shape index (κ3) is 4.83. The van der Waals surface area contributed by atoms with E-state index in [-0.39, 0.29) is 5.91 Å². The summed E-state index contributed by atoms with van der Waals surface area (Å²) < 4.78 is 1.25. The predicted octanol–water partition coefficient (Wildman–Crippen LogP) is 4.39. The van der Waals surface area contributed by atoms with Gasteiger partial charge in [-0.25, -0.2) is 0 Å². The third-order valence-corrected chi connectivity index (χ3v) is 4.69. The Hall–Kier alpha value is -1.39. The first-order valence-electron chi connectivity index (χ1n) is 7.70. The molecule has 3 N–H and O–H groups in total. The van der Waals surface area contributed by atoms with Crippen molar-refractivity contribution in [2.45, 2.75) is 39.0 Å². The van der Waals surface area contributed by atoms with Gasteiger partial charge in [0.1, 0.15) is 0 Å². The summed E-state index contributed by atoms with van der Waals surface area (Å²) in [5.74, 6) is 0.674. The van der Waals surface area contributed by atoms with Crippen molar-refractivity contribution in [1.82, 2.24) is 0 Å². The van der Waals surface area contributed by atoms with Crippen molar-refractivity contribution < 1.29 is 4.79 Å². The van der Waals surface area contributed by atoms with Crippen LogP contribution in [0.5, 0.6) is 0 Å². The molecule has 21 heavy (non-hydrogen) atoms. The molecule has 3 nitrogen and oxygen atoms in total. The van der Waals surface area contributed by atoms with E-state index in [1.54, 1.807) is 11.3 Å². The van der Waals surface area contributed by atoms with Gasteiger partial charge in [-0.1, -0.05) is 19.8 Å². The van der Waals surface area contributed by atoms with E-state index in [1.807, 2.05) is 12.1 Å². The van der Waals surface area contributed by atoms with Gasteiger partial charge in [-0.3, -0.25) is 4.79 Å². The van der Waals surface area contributed by atoms with Crippen LogP contribution in [0, 0.1) is 5.92 Å². The zero-order chi connectivity index (χ0) is 15.1. The molecule has 0 saturated heterocycles. The summed E-state index contributed by atoms with van der Waals surface area (Å²) in [5, 5.41) is 6.25. The molecule has 0 saturated carbocycles. The summed E-state index contributed by atoms with van der Waals surface area (Å²) in [6.07, 6.45) is 4.83. The second-order valence-corrected chi connectivity index (χ2v) is 6.44. The van der Waals surface area contributed by atoms with Gasteiger partial charge in [0.05, 0.1) is 0 Å². The van der Waals surface area contributed by atoms with E-state index in [4.69, 9.17) is 5.73 Å². The van der Waals surface area contributed by atoms with Crippen molar-refractivity contribution in [1.29, 1.82) is 0 Å². The molecule has 0 aliphatic carbocycles. The van der Waals surface area contributed by atoms with E-state index in [0.29, 0.717) is 18.9 Å². The highest BCUT2D eigenvalue weighted by Gasteiger charge is 2.10. The quantitative estimate of drug-likeness (QED) is 0.760. The molecular weight excluding hydrogens is 280 g/mol. The van der Waals surface area contributed by atoms with Crippen LogP contribution in [-0.2, 0) is 4.79 Å². The van der Waals surface area contributed by atoms with E-state index < -0.39 is 0 Å². The molecule has 1 heterocycles. The summed E-state index contributed by atoms with van der Waals surface area (Å²) in [5.41, 5.74) is 6.52. The molecule has 0 radical (unpaired) electrons. The highest BCUT2D eigenvalue weighted by molar-refractivity contribution is 7.17. The summed E-state index contributed by atoms with van der Waals surface area (Å²) in [6.45, 7) is 2.89. The minimum Gasteiger partial charge on any atom is -0.330 e. The molecule has 0 bridgehead atoms. The summed E-state index contributed by atoms with van der Waals surface area (Å²) in [6, 6.07) is 8.14. The normalized spacial score (nSPS) is 12.5. The van der Waals surface area contributed by atoms with Crippen LogP contribution >= 0.6 is 11.3 Å². The number of nitrogens with one attached hydrogen (secondary N) is 1. The molecule has 0 fully saturated rings.